The molecule has 0 heterocycles. The molecule has 0 saturated carbocycles. The third-order valence-corrected chi connectivity index (χ3v) is 3.82. The minimum Gasteiger partial charge on any atom is -0.289 e. The summed E-state index contributed by atoms with van der Waals surface area (Å²) in [5, 5.41) is 0. The lowest BCUT2D eigenvalue weighted by molar-refractivity contribution is 0.103. The van der Waals surface area contributed by atoms with Crippen LogP contribution in [0.4, 0.5) is 0 Å². The van der Waals surface area contributed by atoms with E-state index >= 15 is 0 Å². The molecule has 0 unspecified atom stereocenters. The summed E-state index contributed by atoms with van der Waals surface area (Å²) in [6, 6.07) is 15.3. The zero-order valence-electron chi connectivity index (χ0n) is 8.28. The van der Waals surface area contributed by atoms with Crippen LogP contribution in [0.5, 0.6) is 0 Å². The van der Waals surface area contributed by atoms with Crippen molar-refractivity contribution in [1.82, 2.24) is 0 Å². The first-order valence-electron chi connectivity index (χ1n) is 4.73. The molecule has 0 aromatic heterocycles. The second-order valence-corrected chi connectivity index (χ2v) is 5.73. The molecule has 1 nitrogen and oxygen atoms in total. The Bertz CT molecular complexity index is 535. The maximum absolute atomic E-state index is 12.2. The van der Waals surface area contributed by atoms with Crippen LogP contribution < -0.4 is 0 Å². The van der Waals surface area contributed by atoms with Crippen molar-refractivity contribution in [3.05, 3.63) is 66.8 Å². The van der Waals surface area contributed by atoms with Gasteiger partial charge in [0, 0.05) is 18.3 Å². The van der Waals surface area contributed by atoms with E-state index in [0.29, 0.717) is 0 Å². The molecule has 16 heavy (non-hydrogen) atoms. The van der Waals surface area contributed by atoms with Crippen molar-refractivity contribution in [2.45, 2.75) is 0 Å². The molecule has 0 aliphatic rings. The molecule has 0 bridgehead atoms. The summed E-state index contributed by atoms with van der Waals surface area (Å²) >= 11 is 4.40. The zero-order valence-corrected chi connectivity index (χ0v) is 12.6. The molecule has 0 radical (unpaired) electrons. The monoisotopic (exact) mass is 434 g/mol. The summed E-state index contributed by atoms with van der Waals surface area (Å²) in [5.74, 6) is 0.0866. The van der Waals surface area contributed by atoms with Crippen molar-refractivity contribution in [1.29, 1.82) is 0 Å². The number of ketones is 1. The third kappa shape index (κ3) is 2.63. The molecule has 0 amide bonds. The van der Waals surface area contributed by atoms with Crippen LogP contribution in [0.2, 0.25) is 0 Å². The lowest BCUT2D eigenvalue weighted by atomic mass is 10.0. The Hall–Kier alpha value is -0.430. The highest BCUT2D eigenvalue weighted by molar-refractivity contribution is 14.1. The van der Waals surface area contributed by atoms with E-state index < -0.39 is 0 Å². The predicted molar refractivity (Wildman–Crippen MR) is 81.8 cm³/mol. The van der Waals surface area contributed by atoms with Crippen molar-refractivity contribution < 1.29 is 4.79 Å². The highest BCUT2D eigenvalue weighted by atomic mass is 127. The van der Waals surface area contributed by atoms with Crippen LogP contribution in [0.15, 0.2) is 48.5 Å². The number of hydrogen-bond donors (Lipinski definition) is 0. The summed E-state index contributed by atoms with van der Waals surface area (Å²) in [5.41, 5.74) is 1.51. The Morgan fingerprint density at radius 1 is 0.938 bits per heavy atom. The molecule has 3 heteroatoms. The average Bonchev–Trinajstić information content (AvgIpc) is 2.29. The van der Waals surface area contributed by atoms with Crippen molar-refractivity contribution in [3.8, 4) is 0 Å². The largest absolute Gasteiger partial charge is 0.289 e. The fourth-order valence-electron chi connectivity index (χ4n) is 1.43. The molecular weight excluding hydrogens is 426 g/mol. The number of benzene rings is 2. The van der Waals surface area contributed by atoms with Gasteiger partial charge < -0.3 is 0 Å². The van der Waals surface area contributed by atoms with Gasteiger partial charge in [-0.3, -0.25) is 4.79 Å². The minimum absolute atomic E-state index is 0.0866. The van der Waals surface area contributed by atoms with Gasteiger partial charge in [0.1, 0.15) is 0 Å². The molecule has 2 rings (SSSR count). The van der Waals surface area contributed by atoms with Gasteiger partial charge in [0.2, 0.25) is 0 Å². The highest BCUT2D eigenvalue weighted by Crippen LogP contribution is 2.17. The molecule has 0 spiro atoms. The number of carbonyl (C=O) groups excluding carboxylic acids is 1. The van der Waals surface area contributed by atoms with E-state index in [4.69, 9.17) is 0 Å². The predicted octanol–water partition coefficient (Wildman–Crippen LogP) is 4.13. The molecule has 2 aromatic carbocycles. The van der Waals surface area contributed by atoms with Gasteiger partial charge in [-0.15, -0.1) is 0 Å². The van der Waals surface area contributed by atoms with E-state index in [0.717, 1.165) is 18.3 Å². The van der Waals surface area contributed by atoms with Gasteiger partial charge >= 0.3 is 0 Å². The first kappa shape index (κ1) is 12.0. The van der Waals surface area contributed by atoms with Gasteiger partial charge in [-0.25, -0.2) is 0 Å². The Morgan fingerprint density at radius 3 is 2.38 bits per heavy atom. The number of carbonyl (C=O) groups is 1. The SMILES string of the molecule is O=C(c1cccc(I)c1)c1ccccc1I. The van der Waals surface area contributed by atoms with Gasteiger partial charge in [-0.05, 0) is 69.4 Å². The smallest absolute Gasteiger partial charge is 0.194 e. The molecule has 2 aromatic rings. The van der Waals surface area contributed by atoms with Gasteiger partial charge in [0.15, 0.2) is 5.78 Å². The van der Waals surface area contributed by atoms with Crippen molar-refractivity contribution in [2.75, 3.05) is 0 Å². The molecule has 0 aliphatic carbocycles. The van der Waals surface area contributed by atoms with Crippen molar-refractivity contribution >= 4 is 51.0 Å². The maximum atomic E-state index is 12.2. The van der Waals surface area contributed by atoms with Gasteiger partial charge in [-0.2, -0.15) is 0 Å². The fraction of sp³-hybridized carbons (Fsp3) is 0. The van der Waals surface area contributed by atoms with Gasteiger partial charge in [0.05, 0.1) is 0 Å². The van der Waals surface area contributed by atoms with Crippen LogP contribution in [0, 0.1) is 7.14 Å². The van der Waals surface area contributed by atoms with Crippen LogP contribution >= 0.6 is 45.2 Å². The lowest BCUT2D eigenvalue weighted by Crippen LogP contribution is -2.03. The molecule has 80 valence electrons. The van der Waals surface area contributed by atoms with Crippen LogP contribution in [-0.4, -0.2) is 5.78 Å². The van der Waals surface area contributed by atoms with Crippen LogP contribution in [0.25, 0.3) is 0 Å². The van der Waals surface area contributed by atoms with E-state index in [1.807, 2.05) is 48.5 Å². The minimum atomic E-state index is 0.0866. The number of halogens is 2. The van der Waals surface area contributed by atoms with Crippen LogP contribution in [-0.2, 0) is 0 Å². The number of rotatable bonds is 2. The topological polar surface area (TPSA) is 17.1 Å². The van der Waals surface area contributed by atoms with E-state index in [9.17, 15) is 4.79 Å². The second-order valence-electron chi connectivity index (χ2n) is 3.32. The normalized spacial score (nSPS) is 10.1. The zero-order chi connectivity index (χ0) is 11.5. The number of hydrogen-bond acceptors (Lipinski definition) is 1. The first-order chi connectivity index (χ1) is 7.68. The van der Waals surface area contributed by atoms with E-state index in [1.165, 1.54) is 0 Å². The van der Waals surface area contributed by atoms with E-state index in [2.05, 4.69) is 45.2 Å². The summed E-state index contributed by atoms with van der Waals surface area (Å²) in [6.07, 6.45) is 0. The Morgan fingerprint density at radius 2 is 1.69 bits per heavy atom. The van der Waals surface area contributed by atoms with Crippen LogP contribution in [0.1, 0.15) is 15.9 Å². The Labute approximate surface area is 122 Å². The lowest BCUT2D eigenvalue weighted by Gasteiger charge is -2.03. The Balaban J connectivity index is 2.44. The Kier molecular flexibility index (Phi) is 3.96. The summed E-state index contributed by atoms with van der Waals surface area (Å²) < 4.78 is 2.07. The van der Waals surface area contributed by atoms with Gasteiger partial charge in [-0.1, -0.05) is 24.3 Å². The molecular formula is C13H8I2O. The summed E-state index contributed by atoms with van der Waals surface area (Å²) in [7, 11) is 0. The quantitative estimate of drug-likeness (QED) is 0.514. The molecule has 0 aliphatic heterocycles. The second kappa shape index (κ2) is 5.27. The van der Waals surface area contributed by atoms with Crippen LogP contribution in [0.3, 0.4) is 0 Å². The standard InChI is InChI=1S/C13H8I2O/c14-10-5-3-4-9(8-10)13(16)11-6-1-2-7-12(11)15/h1-8H. The van der Waals surface area contributed by atoms with E-state index in [-0.39, 0.29) is 5.78 Å². The summed E-state index contributed by atoms with van der Waals surface area (Å²) in [4.78, 5) is 12.2. The fourth-order valence-corrected chi connectivity index (χ4v) is 2.61. The molecule has 0 fully saturated rings. The summed E-state index contributed by atoms with van der Waals surface area (Å²) in [6.45, 7) is 0. The molecule has 0 saturated heterocycles. The third-order valence-electron chi connectivity index (χ3n) is 2.21. The molecule has 0 N–H and O–H groups in total. The molecule has 0 atom stereocenters. The van der Waals surface area contributed by atoms with Crippen molar-refractivity contribution in [2.24, 2.45) is 0 Å². The van der Waals surface area contributed by atoms with Gasteiger partial charge in [0.25, 0.3) is 0 Å². The van der Waals surface area contributed by atoms with E-state index in [1.54, 1.807) is 0 Å². The van der Waals surface area contributed by atoms with Crippen molar-refractivity contribution in [3.63, 3.8) is 0 Å². The maximum Gasteiger partial charge on any atom is 0.194 e. The highest BCUT2D eigenvalue weighted by Gasteiger charge is 2.11. The first-order valence-corrected chi connectivity index (χ1v) is 6.89. The average molecular weight is 434 g/mol.